The molecule has 2 heterocycles. The van der Waals surface area contributed by atoms with Gasteiger partial charge in [0.05, 0.1) is 11.4 Å². The van der Waals surface area contributed by atoms with Crippen LogP contribution in [-0.4, -0.2) is 55.4 Å². The van der Waals surface area contributed by atoms with Crippen molar-refractivity contribution >= 4 is 17.5 Å². The first-order valence-electron chi connectivity index (χ1n) is 9.99. The number of rotatable bonds is 4. The molecule has 2 aliphatic heterocycles. The summed E-state index contributed by atoms with van der Waals surface area (Å²) in [4.78, 5) is 15.8. The van der Waals surface area contributed by atoms with Gasteiger partial charge in [-0.3, -0.25) is 4.90 Å². The highest BCUT2D eigenvalue weighted by Gasteiger charge is 2.35. The lowest BCUT2D eigenvalue weighted by molar-refractivity contribution is 0.0345. The number of carbonyl (C=O) groups excluding carboxylic acids is 1. The first-order chi connectivity index (χ1) is 13.0. The minimum Gasteiger partial charge on any atom is -0.487 e. The van der Waals surface area contributed by atoms with Gasteiger partial charge in [-0.05, 0) is 25.3 Å². The van der Waals surface area contributed by atoms with E-state index < -0.39 is 6.09 Å². The van der Waals surface area contributed by atoms with Crippen molar-refractivity contribution < 1.29 is 14.3 Å². The smallest absolute Gasteiger partial charge is 0.404 e. The molecule has 0 aromatic heterocycles. The highest BCUT2D eigenvalue weighted by molar-refractivity contribution is 5.72. The Hall–Kier alpha value is -2.15. The molecule has 1 atom stereocenters. The number of amides is 1. The Morgan fingerprint density at radius 1 is 1.25 bits per heavy atom. The second-order valence-corrected chi connectivity index (χ2v) is 9.59. The van der Waals surface area contributed by atoms with Crippen LogP contribution in [0.1, 0.15) is 40.2 Å². The zero-order valence-corrected chi connectivity index (χ0v) is 17.7. The summed E-state index contributed by atoms with van der Waals surface area (Å²) in [5.41, 5.74) is 14.4. The number of nitrogens with two attached hydrogens (primary N) is 2. The number of nitrogen functional groups attached to an aromatic ring is 1. The van der Waals surface area contributed by atoms with Gasteiger partial charge >= 0.3 is 6.09 Å². The molecule has 0 saturated carbocycles. The van der Waals surface area contributed by atoms with Gasteiger partial charge in [-0.1, -0.05) is 20.8 Å². The van der Waals surface area contributed by atoms with Crippen LogP contribution in [0.25, 0.3) is 0 Å². The maximum atomic E-state index is 11.1. The zero-order valence-electron chi connectivity index (χ0n) is 17.7. The van der Waals surface area contributed by atoms with Crippen molar-refractivity contribution in [2.24, 2.45) is 11.1 Å². The standard InChI is InChI=1S/C21H34N4O3/c1-20(2,3)18(13-27-19(23)26)25-8-6-24(7-9-25)16-11-17-14(10-15(16)22)12-21(4,5)28-17/h10-11,18H,6-9,12-13,22H2,1-5H3,(H2,23,26). The lowest BCUT2D eigenvalue weighted by Crippen LogP contribution is -2.56. The van der Waals surface area contributed by atoms with E-state index >= 15 is 0 Å². The molecule has 1 unspecified atom stereocenters. The van der Waals surface area contributed by atoms with Crippen molar-refractivity contribution in [1.82, 2.24) is 4.90 Å². The van der Waals surface area contributed by atoms with Crippen LogP contribution < -0.4 is 21.1 Å². The molecule has 156 valence electrons. The van der Waals surface area contributed by atoms with E-state index in [-0.39, 0.29) is 17.1 Å². The number of anilines is 2. The number of hydrogen-bond acceptors (Lipinski definition) is 6. The first-order valence-corrected chi connectivity index (χ1v) is 9.99. The van der Waals surface area contributed by atoms with Gasteiger partial charge in [0.2, 0.25) is 0 Å². The minimum absolute atomic E-state index is 0.0242. The van der Waals surface area contributed by atoms with E-state index in [4.69, 9.17) is 20.9 Å². The van der Waals surface area contributed by atoms with Gasteiger partial charge in [0.15, 0.2) is 0 Å². The summed E-state index contributed by atoms with van der Waals surface area (Å²) >= 11 is 0. The third kappa shape index (κ3) is 4.46. The molecular weight excluding hydrogens is 356 g/mol. The van der Waals surface area contributed by atoms with E-state index in [1.807, 2.05) is 0 Å². The van der Waals surface area contributed by atoms with Crippen molar-refractivity contribution in [3.8, 4) is 5.75 Å². The Balaban J connectivity index is 1.69. The molecule has 28 heavy (non-hydrogen) atoms. The van der Waals surface area contributed by atoms with Crippen LogP contribution in [0.4, 0.5) is 16.2 Å². The molecule has 0 aliphatic carbocycles. The average Bonchev–Trinajstić information content (AvgIpc) is 2.86. The number of ether oxygens (including phenoxy) is 2. The van der Waals surface area contributed by atoms with Gasteiger partial charge in [-0.15, -0.1) is 0 Å². The van der Waals surface area contributed by atoms with E-state index in [9.17, 15) is 4.79 Å². The lowest BCUT2D eigenvalue weighted by Gasteiger charge is -2.44. The monoisotopic (exact) mass is 390 g/mol. The van der Waals surface area contributed by atoms with Crippen molar-refractivity contribution in [3.05, 3.63) is 17.7 Å². The number of piperazine rings is 1. The molecule has 3 rings (SSSR count). The first kappa shape index (κ1) is 20.6. The number of nitrogens with zero attached hydrogens (tertiary/aromatic N) is 2. The van der Waals surface area contributed by atoms with Crippen molar-refractivity contribution in [2.75, 3.05) is 43.4 Å². The Bertz CT molecular complexity index is 734. The second-order valence-electron chi connectivity index (χ2n) is 9.59. The molecule has 0 bridgehead atoms. The Morgan fingerprint density at radius 3 is 2.46 bits per heavy atom. The normalized spacial score (nSPS) is 20.4. The van der Waals surface area contributed by atoms with Gasteiger partial charge < -0.3 is 25.8 Å². The fourth-order valence-corrected chi connectivity index (χ4v) is 4.27. The van der Waals surface area contributed by atoms with Crippen molar-refractivity contribution in [3.63, 3.8) is 0 Å². The van der Waals surface area contributed by atoms with Crippen LogP contribution >= 0.6 is 0 Å². The third-order valence-electron chi connectivity index (χ3n) is 5.69. The number of carbonyl (C=O) groups is 1. The van der Waals surface area contributed by atoms with E-state index in [2.05, 4.69) is 56.6 Å². The zero-order chi connectivity index (χ0) is 20.7. The second kappa shape index (κ2) is 7.35. The summed E-state index contributed by atoms with van der Waals surface area (Å²) in [6.45, 7) is 14.4. The molecule has 7 heteroatoms. The Labute approximate surface area is 167 Å². The predicted molar refractivity (Wildman–Crippen MR) is 112 cm³/mol. The molecule has 1 aromatic carbocycles. The fourth-order valence-electron chi connectivity index (χ4n) is 4.27. The molecule has 1 amide bonds. The van der Waals surface area contributed by atoms with Crippen molar-refractivity contribution in [1.29, 1.82) is 0 Å². The van der Waals surface area contributed by atoms with Crippen LogP contribution in [-0.2, 0) is 11.2 Å². The molecule has 7 nitrogen and oxygen atoms in total. The molecule has 1 aromatic rings. The molecule has 0 spiro atoms. The molecule has 4 N–H and O–H groups in total. The van der Waals surface area contributed by atoms with Crippen LogP contribution in [0.15, 0.2) is 12.1 Å². The third-order valence-corrected chi connectivity index (χ3v) is 5.69. The highest BCUT2D eigenvalue weighted by Crippen LogP contribution is 2.41. The maximum absolute atomic E-state index is 11.1. The van der Waals surface area contributed by atoms with Gasteiger partial charge in [0.1, 0.15) is 18.0 Å². The number of benzene rings is 1. The van der Waals surface area contributed by atoms with E-state index in [1.54, 1.807) is 0 Å². The summed E-state index contributed by atoms with van der Waals surface area (Å²) in [5.74, 6) is 0.944. The topological polar surface area (TPSA) is 94.0 Å². The van der Waals surface area contributed by atoms with E-state index in [0.717, 1.165) is 49.7 Å². The molecule has 1 fully saturated rings. The minimum atomic E-state index is -0.721. The van der Waals surface area contributed by atoms with Crippen LogP contribution in [0.3, 0.4) is 0 Å². The van der Waals surface area contributed by atoms with Crippen LogP contribution in [0.2, 0.25) is 0 Å². The summed E-state index contributed by atoms with van der Waals surface area (Å²) in [5, 5.41) is 0. The summed E-state index contributed by atoms with van der Waals surface area (Å²) in [6, 6.07) is 4.26. The number of fused-ring (bicyclic) bond motifs is 1. The highest BCUT2D eigenvalue weighted by atomic mass is 16.5. The molecular formula is C21H34N4O3. The molecule has 2 aliphatic rings. The maximum Gasteiger partial charge on any atom is 0.404 e. The number of hydrogen-bond donors (Lipinski definition) is 2. The lowest BCUT2D eigenvalue weighted by atomic mass is 9.85. The quantitative estimate of drug-likeness (QED) is 0.768. The van der Waals surface area contributed by atoms with Gasteiger partial charge in [0.25, 0.3) is 0 Å². The SMILES string of the molecule is CC1(C)Cc2cc(N)c(N3CCN(C(COC(N)=O)C(C)(C)C)CC3)cc2O1. The van der Waals surface area contributed by atoms with Crippen LogP contribution in [0, 0.1) is 5.41 Å². The number of primary amides is 1. The molecule has 1 saturated heterocycles. The van der Waals surface area contributed by atoms with Gasteiger partial charge in [-0.25, -0.2) is 4.79 Å². The summed E-state index contributed by atoms with van der Waals surface area (Å²) < 4.78 is 11.2. The predicted octanol–water partition coefficient (Wildman–Crippen LogP) is 2.61. The largest absolute Gasteiger partial charge is 0.487 e. The van der Waals surface area contributed by atoms with Crippen molar-refractivity contribution in [2.45, 2.75) is 52.7 Å². The fraction of sp³-hybridized carbons (Fsp3) is 0.667. The summed E-state index contributed by atoms with van der Waals surface area (Å²) in [6.07, 6.45) is 0.162. The van der Waals surface area contributed by atoms with E-state index in [1.165, 1.54) is 5.56 Å². The van der Waals surface area contributed by atoms with Crippen LogP contribution in [0.5, 0.6) is 5.75 Å². The summed E-state index contributed by atoms with van der Waals surface area (Å²) in [7, 11) is 0. The van der Waals surface area contributed by atoms with E-state index in [0.29, 0.717) is 6.61 Å². The van der Waals surface area contributed by atoms with Gasteiger partial charge in [0, 0.05) is 50.3 Å². The van der Waals surface area contributed by atoms with Gasteiger partial charge in [-0.2, -0.15) is 0 Å². The average molecular weight is 391 g/mol. The Morgan fingerprint density at radius 2 is 1.89 bits per heavy atom. The molecule has 0 radical (unpaired) electrons. The Kier molecular flexibility index (Phi) is 5.40.